The molecule has 4 N–H and O–H groups in total. The van der Waals surface area contributed by atoms with Crippen LogP contribution in [0, 0.1) is 0 Å². The Hall–Kier alpha value is -1.55. The second-order valence-electron chi connectivity index (χ2n) is 4.22. The van der Waals surface area contributed by atoms with Crippen molar-refractivity contribution >= 4 is 5.91 Å². The number of rotatable bonds is 5. The fraction of sp³-hybridized carbons (Fsp3) is 0.462. The van der Waals surface area contributed by atoms with E-state index in [-0.39, 0.29) is 17.7 Å². The van der Waals surface area contributed by atoms with Crippen molar-refractivity contribution < 1.29 is 9.90 Å². The molecule has 0 heterocycles. The molecule has 94 valence electrons. The van der Waals surface area contributed by atoms with E-state index in [2.05, 4.69) is 5.32 Å². The van der Waals surface area contributed by atoms with Gasteiger partial charge in [-0.15, -0.1) is 0 Å². The number of hydrogen-bond donors (Lipinski definition) is 3. The van der Waals surface area contributed by atoms with Crippen molar-refractivity contribution in [1.29, 1.82) is 0 Å². The van der Waals surface area contributed by atoms with Crippen molar-refractivity contribution in [2.75, 3.05) is 0 Å². The topological polar surface area (TPSA) is 75.4 Å². The fourth-order valence-electron chi connectivity index (χ4n) is 1.64. The van der Waals surface area contributed by atoms with E-state index >= 15 is 0 Å². The van der Waals surface area contributed by atoms with Crippen LogP contribution in [0.4, 0.5) is 0 Å². The van der Waals surface area contributed by atoms with Crippen LogP contribution in [-0.2, 0) is 4.79 Å². The molecule has 0 saturated carbocycles. The molecule has 1 unspecified atom stereocenters. The number of benzene rings is 1. The highest BCUT2D eigenvalue weighted by molar-refractivity contribution is 5.81. The number of nitrogens with one attached hydrogen (secondary N) is 1. The number of phenolic OH excluding ortho intramolecular Hbond substituents is 1. The molecule has 0 radical (unpaired) electrons. The first-order valence-electron chi connectivity index (χ1n) is 5.89. The average molecular weight is 236 g/mol. The highest BCUT2D eigenvalue weighted by Gasteiger charge is 2.15. The molecule has 0 saturated heterocycles. The van der Waals surface area contributed by atoms with Gasteiger partial charge in [-0.3, -0.25) is 4.79 Å². The van der Waals surface area contributed by atoms with Crippen LogP contribution in [0.25, 0.3) is 0 Å². The van der Waals surface area contributed by atoms with Crippen molar-refractivity contribution in [3.05, 3.63) is 29.8 Å². The summed E-state index contributed by atoms with van der Waals surface area (Å²) in [5.74, 6) is 0.0455. The first-order valence-corrected chi connectivity index (χ1v) is 5.89. The van der Waals surface area contributed by atoms with Crippen molar-refractivity contribution in [3.8, 4) is 5.75 Å². The molecule has 4 heteroatoms. The van der Waals surface area contributed by atoms with Crippen molar-refractivity contribution in [1.82, 2.24) is 5.32 Å². The highest BCUT2D eigenvalue weighted by Crippen LogP contribution is 2.17. The van der Waals surface area contributed by atoms with Crippen LogP contribution in [0.5, 0.6) is 5.75 Å². The largest absolute Gasteiger partial charge is 0.508 e. The molecule has 1 aromatic rings. The normalized spacial score (nSPS) is 14.1. The lowest BCUT2D eigenvalue weighted by atomic mass is 10.1. The molecule has 1 amide bonds. The summed E-state index contributed by atoms with van der Waals surface area (Å²) >= 11 is 0. The molecule has 1 aromatic carbocycles. The Labute approximate surface area is 102 Å². The van der Waals surface area contributed by atoms with Gasteiger partial charge in [0.15, 0.2) is 0 Å². The van der Waals surface area contributed by atoms with Gasteiger partial charge in [0, 0.05) is 0 Å². The first-order chi connectivity index (χ1) is 8.04. The fourth-order valence-corrected chi connectivity index (χ4v) is 1.64. The lowest BCUT2D eigenvalue weighted by molar-refractivity contribution is -0.123. The lowest BCUT2D eigenvalue weighted by Crippen LogP contribution is -2.41. The van der Waals surface area contributed by atoms with Gasteiger partial charge in [0.05, 0.1) is 12.1 Å². The second kappa shape index (κ2) is 6.25. The zero-order valence-electron chi connectivity index (χ0n) is 10.3. The summed E-state index contributed by atoms with van der Waals surface area (Å²) < 4.78 is 0. The summed E-state index contributed by atoms with van der Waals surface area (Å²) in [5, 5.41) is 12.2. The van der Waals surface area contributed by atoms with E-state index in [9.17, 15) is 9.90 Å². The van der Waals surface area contributed by atoms with Crippen molar-refractivity contribution in [2.24, 2.45) is 5.73 Å². The molecule has 1 rings (SSSR count). The van der Waals surface area contributed by atoms with Gasteiger partial charge in [-0.1, -0.05) is 25.5 Å². The third-order valence-electron chi connectivity index (χ3n) is 2.67. The Balaban J connectivity index is 2.60. The van der Waals surface area contributed by atoms with Gasteiger partial charge >= 0.3 is 0 Å². The maximum atomic E-state index is 11.7. The Morgan fingerprint density at radius 2 is 2.24 bits per heavy atom. The Kier molecular flexibility index (Phi) is 4.97. The minimum Gasteiger partial charge on any atom is -0.508 e. The summed E-state index contributed by atoms with van der Waals surface area (Å²) in [6.07, 6.45) is 1.56. The van der Waals surface area contributed by atoms with Crippen molar-refractivity contribution in [3.63, 3.8) is 0 Å². The molecule has 0 aliphatic carbocycles. The van der Waals surface area contributed by atoms with Gasteiger partial charge in [0.25, 0.3) is 0 Å². The second-order valence-corrected chi connectivity index (χ2v) is 4.22. The van der Waals surface area contributed by atoms with Crippen LogP contribution >= 0.6 is 0 Å². The van der Waals surface area contributed by atoms with E-state index in [0.29, 0.717) is 6.42 Å². The van der Waals surface area contributed by atoms with Crippen LogP contribution in [-0.4, -0.2) is 17.1 Å². The van der Waals surface area contributed by atoms with Crippen LogP contribution < -0.4 is 11.1 Å². The van der Waals surface area contributed by atoms with Crippen LogP contribution in [0.3, 0.4) is 0 Å². The van der Waals surface area contributed by atoms with Gasteiger partial charge < -0.3 is 16.2 Å². The summed E-state index contributed by atoms with van der Waals surface area (Å²) in [6, 6.07) is 6.23. The van der Waals surface area contributed by atoms with E-state index in [0.717, 1.165) is 12.0 Å². The van der Waals surface area contributed by atoms with Gasteiger partial charge in [0.2, 0.25) is 5.91 Å². The number of amides is 1. The van der Waals surface area contributed by atoms with Gasteiger partial charge in [0.1, 0.15) is 5.75 Å². The average Bonchev–Trinajstić information content (AvgIpc) is 2.29. The molecule has 2 atom stereocenters. The van der Waals surface area contributed by atoms with E-state index in [4.69, 9.17) is 5.73 Å². The Bertz CT molecular complexity index is 379. The summed E-state index contributed by atoms with van der Waals surface area (Å²) in [7, 11) is 0. The molecular weight excluding hydrogens is 216 g/mol. The minimum atomic E-state index is -0.459. The van der Waals surface area contributed by atoms with Gasteiger partial charge in [-0.25, -0.2) is 0 Å². The number of nitrogens with two attached hydrogens (primary N) is 1. The first kappa shape index (κ1) is 13.5. The molecule has 0 bridgehead atoms. The predicted molar refractivity (Wildman–Crippen MR) is 67.5 cm³/mol. The third-order valence-corrected chi connectivity index (χ3v) is 2.67. The number of carbonyl (C=O) groups is 1. The van der Waals surface area contributed by atoms with Crippen LogP contribution in [0.1, 0.15) is 38.3 Å². The number of carbonyl (C=O) groups excluding carboxylic acids is 1. The van der Waals surface area contributed by atoms with E-state index in [1.54, 1.807) is 18.2 Å². The van der Waals surface area contributed by atoms with Crippen LogP contribution in [0.15, 0.2) is 24.3 Å². The zero-order chi connectivity index (χ0) is 12.8. The Morgan fingerprint density at radius 3 is 2.82 bits per heavy atom. The maximum Gasteiger partial charge on any atom is 0.237 e. The molecule has 0 spiro atoms. The number of aromatic hydroxyl groups is 1. The van der Waals surface area contributed by atoms with E-state index < -0.39 is 6.04 Å². The minimum absolute atomic E-state index is 0.150. The molecular formula is C13H20N2O2. The summed E-state index contributed by atoms with van der Waals surface area (Å²) in [4.78, 5) is 11.7. The SMILES string of the molecule is CCC[C@@H](N)C(=O)NC(C)c1cccc(O)c1. The predicted octanol–water partition coefficient (Wildman–Crippen LogP) is 1.70. The summed E-state index contributed by atoms with van der Waals surface area (Å²) in [5.41, 5.74) is 6.59. The number of phenols is 1. The molecule has 0 aliphatic rings. The van der Waals surface area contributed by atoms with Gasteiger partial charge in [-0.05, 0) is 31.0 Å². The van der Waals surface area contributed by atoms with Gasteiger partial charge in [-0.2, -0.15) is 0 Å². The standard InChI is InChI=1S/C13H20N2O2/c1-3-5-12(14)13(17)15-9(2)10-6-4-7-11(16)8-10/h4,6-9,12,16H,3,5,14H2,1-2H3,(H,15,17)/t9?,12-/m1/s1. The number of hydrogen-bond acceptors (Lipinski definition) is 3. The molecule has 17 heavy (non-hydrogen) atoms. The van der Waals surface area contributed by atoms with E-state index in [1.165, 1.54) is 0 Å². The smallest absolute Gasteiger partial charge is 0.237 e. The summed E-state index contributed by atoms with van der Waals surface area (Å²) in [6.45, 7) is 3.86. The zero-order valence-corrected chi connectivity index (χ0v) is 10.3. The van der Waals surface area contributed by atoms with E-state index in [1.807, 2.05) is 19.9 Å². The molecule has 4 nitrogen and oxygen atoms in total. The molecule has 0 fully saturated rings. The lowest BCUT2D eigenvalue weighted by Gasteiger charge is -2.17. The Morgan fingerprint density at radius 1 is 1.53 bits per heavy atom. The van der Waals surface area contributed by atoms with Crippen molar-refractivity contribution in [2.45, 2.75) is 38.8 Å². The third kappa shape index (κ3) is 4.07. The van der Waals surface area contributed by atoms with Crippen LogP contribution in [0.2, 0.25) is 0 Å². The molecule has 0 aliphatic heterocycles. The quantitative estimate of drug-likeness (QED) is 0.728. The maximum absolute atomic E-state index is 11.7. The highest BCUT2D eigenvalue weighted by atomic mass is 16.3. The monoisotopic (exact) mass is 236 g/mol. The molecule has 0 aromatic heterocycles.